The third-order valence-corrected chi connectivity index (χ3v) is 8.17. The van der Waals surface area contributed by atoms with Crippen LogP contribution in [0.2, 0.25) is 6.04 Å². The molecule has 0 aliphatic rings. The highest BCUT2D eigenvalue weighted by Crippen LogP contribution is 2.26. The van der Waals surface area contributed by atoms with Gasteiger partial charge >= 0.3 is 8.80 Å². The predicted molar refractivity (Wildman–Crippen MR) is 106 cm³/mol. The van der Waals surface area contributed by atoms with E-state index in [4.69, 9.17) is 13.3 Å². The Morgan fingerprint density at radius 2 is 0.833 bits per heavy atom. The Morgan fingerprint density at radius 3 is 1.08 bits per heavy atom. The molecule has 0 saturated heterocycles. The molecule has 0 bridgehead atoms. The Hall–Kier alpha value is 0.0969. The molecule has 0 N–H and O–H groups in total. The molecule has 0 spiro atoms. The van der Waals surface area contributed by atoms with Crippen molar-refractivity contribution < 1.29 is 13.3 Å². The Labute approximate surface area is 153 Å². The van der Waals surface area contributed by atoms with E-state index in [9.17, 15) is 0 Å². The van der Waals surface area contributed by atoms with Gasteiger partial charge in [0.2, 0.25) is 0 Å². The lowest BCUT2D eigenvalue weighted by Gasteiger charge is -2.34. The summed E-state index contributed by atoms with van der Waals surface area (Å²) in [7, 11) is -2.62. The van der Waals surface area contributed by atoms with Gasteiger partial charge in [-0.2, -0.15) is 0 Å². The highest BCUT2D eigenvalue weighted by molar-refractivity contribution is 6.60. The van der Waals surface area contributed by atoms with Gasteiger partial charge in [-0.25, -0.2) is 0 Å². The molecule has 0 aliphatic heterocycles. The fourth-order valence-electron chi connectivity index (χ4n) is 2.03. The van der Waals surface area contributed by atoms with E-state index in [0.717, 1.165) is 51.5 Å². The normalized spacial score (nSPS) is 19.5. The molecule has 0 aromatic carbocycles. The van der Waals surface area contributed by atoms with E-state index in [1.807, 2.05) is 0 Å². The first-order valence-corrected chi connectivity index (χ1v) is 12.2. The maximum Gasteiger partial charge on any atom is 0.501 e. The van der Waals surface area contributed by atoms with Gasteiger partial charge in [0.1, 0.15) is 0 Å². The van der Waals surface area contributed by atoms with Crippen LogP contribution in [-0.2, 0) is 13.3 Å². The van der Waals surface area contributed by atoms with Crippen molar-refractivity contribution in [1.82, 2.24) is 0 Å². The van der Waals surface area contributed by atoms with Crippen molar-refractivity contribution in [3.8, 4) is 0 Å². The van der Waals surface area contributed by atoms with Crippen LogP contribution >= 0.6 is 0 Å². The Bertz CT molecular complexity index is 263. The lowest BCUT2D eigenvalue weighted by Crippen LogP contribution is -2.49. The fraction of sp³-hybridized carbons (Fsp3) is 1.00. The van der Waals surface area contributed by atoms with Crippen molar-refractivity contribution >= 4 is 8.80 Å². The van der Waals surface area contributed by atoms with Gasteiger partial charge in [-0.15, -0.1) is 0 Å². The quantitative estimate of drug-likeness (QED) is 0.327. The summed E-state index contributed by atoms with van der Waals surface area (Å²) in [5.41, 5.74) is 0. The van der Waals surface area contributed by atoms with Gasteiger partial charge < -0.3 is 13.3 Å². The highest BCUT2D eigenvalue weighted by Gasteiger charge is 2.43. The van der Waals surface area contributed by atoms with E-state index in [1.54, 1.807) is 0 Å². The zero-order valence-electron chi connectivity index (χ0n) is 17.7. The summed E-state index contributed by atoms with van der Waals surface area (Å²) in [6, 6.07) is 0.937. The SMILES string of the molecule is CCC(C)CO[Si](CC(C)CC)(OCC(C)CC)OCC(C)CC. The predicted octanol–water partition coefficient (Wildman–Crippen LogP) is 6.16. The van der Waals surface area contributed by atoms with Crippen molar-refractivity contribution in [1.29, 1.82) is 0 Å². The minimum absolute atomic E-state index is 0.549. The maximum absolute atomic E-state index is 6.44. The summed E-state index contributed by atoms with van der Waals surface area (Å²) in [6.45, 7) is 20.1. The van der Waals surface area contributed by atoms with Crippen molar-refractivity contribution in [3.05, 3.63) is 0 Å². The van der Waals surface area contributed by atoms with E-state index in [1.165, 1.54) is 0 Å². The van der Waals surface area contributed by atoms with Gasteiger partial charge in [0.15, 0.2) is 0 Å². The van der Waals surface area contributed by atoms with E-state index in [0.29, 0.717) is 23.7 Å². The summed E-state index contributed by atoms with van der Waals surface area (Å²) in [5.74, 6) is 2.22. The molecule has 4 heteroatoms. The molecule has 0 fully saturated rings. The number of rotatable bonds is 15. The van der Waals surface area contributed by atoms with E-state index in [-0.39, 0.29) is 0 Å². The Balaban J connectivity index is 5.11. The van der Waals surface area contributed by atoms with Gasteiger partial charge in [-0.05, 0) is 23.7 Å². The molecule has 0 heterocycles. The standard InChI is InChI=1S/C20H44O3Si/c1-9-17(5)13-21-24(16-20(8)12-4,22-14-18(6)10-2)23-15-19(7)11-3/h17-20H,9-16H2,1-8H3. The lowest BCUT2D eigenvalue weighted by atomic mass is 10.1. The third-order valence-electron chi connectivity index (χ3n) is 5.15. The molecular formula is C20H44O3Si. The van der Waals surface area contributed by atoms with Crippen molar-refractivity contribution in [3.63, 3.8) is 0 Å². The Morgan fingerprint density at radius 1 is 0.542 bits per heavy atom. The minimum Gasteiger partial charge on any atom is -0.373 e. The first-order chi connectivity index (χ1) is 11.3. The van der Waals surface area contributed by atoms with Crippen LogP contribution in [0.25, 0.3) is 0 Å². The molecule has 3 nitrogen and oxygen atoms in total. The van der Waals surface area contributed by atoms with Crippen LogP contribution in [0, 0.1) is 23.7 Å². The summed E-state index contributed by atoms with van der Waals surface area (Å²) in [5, 5.41) is 0. The van der Waals surface area contributed by atoms with Gasteiger partial charge in [0, 0.05) is 25.9 Å². The topological polar surface area (TPSA) is 27.7 Å². The maximum atomic E-state index is 6.44. The van der Waals surface area contributed by atoms with E-state index in [2.05, 4.69) is 55.4 Å². The van der Waals surface area contributed by atoms with Gasteiger partial charge in [-0.1, -0.05) is 81.1 Å². The molecule has 0 aromatic rings. The van der Waals surface area contributed by atoms with Crippen LogP contribution < -0.4 is 0 Å². The fourth-order valence-corrected chi connectivity index (χ4v) is 5.40. The molecule has 4 atom stereocenters. The summed E-state index contributed by atoms with van der Waals surface area (Å²) < 4.78 is 19.3. The highest BCUT2D eigenvalue weighted by atomic mass is 28.4. The summed E-state index contributed by atoms with van der Waals surface area (Å²) in [6.07, 6.45) is 4.53. The first kappa shape index (κ1) is 24.1. The zero-order chi connectivity index (χ0) is 18.6. The molecule has 146 valence electrons. The zero-order valence-corrected chi connectivity index (χ0v) is 18.7. The molecule has 0 aliphatic carbocycles. The molecule has 24 heavy (non-hydrogen) atoms. The second-order valence-electron chi connectivity index (χ2n) is 7.87. The van der Waals surface area contributed by atoms with E-state index < -0.39 is 8.80 Å². The van der Waals surface area contributed by atoms with Crippen molar-refractivity contribution in [2.24, 2.45) is 23.7 Å². The van der Waals surface area contributed by atoms with Crippen molar-refractivity contribution in [2.45, 2.75) is 87.1 Å². The lowest BCUT2D eigenvalue weighted by molar-refractivity contribution is 0.0288. The van der Waals surface area contributed by atoms with Gasteiger partial charge in [0.25, 0.3) is 0 Å². The average molecular weight is 361 g/mol. The van der Waals surface area contributed by atoms with Crippen LogP contribution in [0.4, 0.5) is 0 Å². The number of hydrogen-bond donors (Lipinski definition) is 0. The molecule has 0 radical (unpaired) electrons. The van der Waals surface area contributed by atoms with Gasteiger partial charge in [-0.3, -0.25) is 0 Å². The number of hydrogen-bond acceptors (Lipinski definition) is 3. The molecule has 0 saturated carbocycles. The second kappa shape index (κ2) is 13.3. The van der Waals surface area contributed by atoms with Crippen LogP contribution in [0.5, 0.6) is 0 Å². The average Bonchev–Trinajstić information content (AvgIpc) is 2.61. The summed E-state index contributed by atoms with van der Waals surface area (Å²) in [4.78, 5) is 0. The monoisotopic (exact) mass is 360 g/mol. The molecule has 0 rings (SSSR count). The van der Waals surface area contributed by atoms with E-state index >= 15 is 0 Å². The summed E-state index contributed by atoms with van der Waals surface area (Å²) >= 11 is 0. The van der Waals surface area contributed by atoms with Crippen molar-refractivity contribution in [2.75, 3.05) is 19.8 Å². The van der Waals surface area contributed by atoms with Crippen LogP contribution in [-0.4, -0.2) is 28.6 Å². The third kappa shape index (κ3) is 10.2. The molecule has 4 unspecified atom stereocenters. The molecule has 0 amide bonds. The van der Waals surface area contributed by atoms with Crippen LogP contribution in [0.15, 0.2) is 0 Å². The second-order valence-corrected chi connectivity index (χ2v) is 10.5. The molecule has 0 aromatic heterocycles. The smallest absolute Gasteiger partial charge is 0.373 e. The van der Waals surface area contributed by atoms with Crippen LogP contribution in [0.1, 0.15) is 81.1 Å². The molecular weight excluding hydrogens is 316 g/mol. The Kier molecular flexibility index (Phi) is 13.4. The largest absolute Gasteiger partial charge is 0.501 e. The van der Waals surface area contributed by atoms with Gasteiger partial charge in [0.05, 0.1) is 0 Å². The van der Waals surface area contributed by atoms with Crippen LogP contribution in [0.3, 0.4) is 0 Å². The first-order valence-electron chi connectivity index (χ1n) is 10.2. The minimum atomic E-state index is -2.62.